The molecule has 0 spiro atoms. The third kappa shape index (κ3) is 64.9. The molecule has 17 nitrogen and oxygen atoms in total. The number of hydrogen-bond donors (Lipinski definition) is 3. The van der Waals surface area contributed by atoms with E-state index < -0.39 is 97.5 Å². The quantitative estimate of drug-likeness (QED) is 0.0169. The van der Waals surface area contributed by atoms with Crippen LogP contribution in [0.2, 0.25) is 0 Å². The van der Waals surface area contributed by atoms with Gasteiger partial charge in [-0.2, -0.15) is 0 Å². The van der Waals surface area contributed by atoms with E-state index in [0.717, 1.165) is 120 Å². The molecule has 0 aromatic heterocycles. The van der Waals surface area contributed by atoms with Gasteiger partial charge in [0.05, 0.1) is 26.4 Å². The van der Waals surface area contributed by atoms with Crippen LogP contribution in [0.25, 0.3) is 0 Å². The number of carbonyl (C=O) groups is 4. The highest BCUT2D eigenvalue weighted by Gasteiger charge is 2.30. The van der Waals surface area contributed by atoms with E-state index in [2.05, 4.69) is 72.8 Å². The number of allylic oxidation sites excluding steroid dienone is 4. The number of ether oxygens (including phenoxy) is 4. The summed E-state index contributed by atoms with van der Waals surface area (Å²) in [5.74, 6) is 0.107. The first-order valence-electron chi connectivity index (χ1n) is 37.2. The lowest BCUT2D eigenvalue weighted by Gasteiger charge is -2.21. The number of aliphatic hydroxyl groups excluding tert-OH is 1. The maximum absolute atomic E-state index is 13.0. The van der Waals surface area contributed by atoms with Gasteiger partial charge >= 0.3 is 39.5 Å². The summed E-state index contributed by atoms with van der Waals surface area (Å²) >= 11 is 0. The lowest BCUT2D eigenvalue weighted by Crippen LogP contribution is -2.30. The van der Waals surface area contributed by atoms with Gasteiger partial charge in [0, 0.05) is 25.7 Å². The molecule has 0 amide bonds. The second-order valence-corrected chi connectivity index (χ2v) is 29.7. The van der Waals surface area contributed by atoms with Crippen molar-refractivity contribution >= 4 is 39.5 Å². The third-order valence-electron chi connectivity index (χ3n) is 16.6. The maximum atomic E-state index is 13.0. The first-order chi connectivity index (χ1) is 44.3. The van der Waals surface area contributed by atoms with Crippen molar-refractivity contribution in [1.29, 1.82) is 0 Å². The van der Waals surface area contributed by atoms with Crippen LogP contribution in [0, 0.1) is 17.8 Å². The van der Waals surface area contributed by atoms with Crippen LogP contribution in [0.3, 0.4) is 0 Å². The van der Waals surface area contributed by atoms with Gasteiger partial charge in [-0.25, -0.2) is 9.13 Å². The Morgan fingerprint density at radius 3 is 0.967 bits per heavy atom. The van der Waals surface area contributed by atoms with Gasteiger partial charge in [0.15, 0.2) is 12.2 Å². The van der Waals surface area contributed by atoms with Crippen molar-refractivity contribution in [2.24, 2.45) is 17.8 Å². The SMILES string of the molecule is CCCCCC/C=C\C=C/CCCCCCCC(=O)O[C@H](COC(=O)CCCCCCCCCCCCCC(C)C)COP(=O)(O)OCC(O)COP(=O)(O)OC[C@@H](COC(=O)CCCCCCCCCCC(C)C)OC(=O)CCCCCCCCCCC(C)CC. The van der Waals surface area contributed by atoms with Crippen molar-refractivity contribution in [1.82, 2.24) is 0 Å². The molecule has 0 fully saturated rings. The van der Waals surface area contributed by atoms with Crippen molar-refractivity contribution in [3.8, 4) is 0 Å². The second kappa shape index (κ2) is 63.3. The van der Waals surface area contributed by atoms with E-state index in [1.807, 2.05) is 0 Å². The van der Waals surface area contributed by atoms with Crippen LogP contribution >= 0.6 is 15.6 Å². The molecule has 0 aromatic carbocycles. The minimum atomic E-state index is -4.96. The van der Waals surface area contributed by atoms with Gasteiger partial charge in [-0.05, 0) is 69.1 Å². The molecule has 0 aliphatic carbocycles. The van der Waals surface area contributed by atoms with Crippen molar-refractivity contribution in [2.75, 3.05) is 39.6 Å². The van der Waals surface area contributed by atoms with Crippen LogP contribution in [0.5, 0.6) is 0 Å². The van der Waals surface area contributed by atoms with Crippen LogP contribution in [0.1, 0.15) is 344 Å². The molecule has 0 heterocycles. The Balaban J connectivity index is 5.31. The Morgan fingerprint density at radius 1 is 0.359 bits per heavy atom. The standard InChI is InChI=1S/C73H138O17P2/c1-8-10-11-12-13-14-15-16-17-18-21-25-35-42-49-56-72(77)89-68(60-83-70(75)54-47-40-33-24-22-19-20-23-30-37-44-51-64(3)4)62-87-91(79,80)85-58-67(74)59-86-92(81,82)88-63-69(61-84-71(76)55-48-41-34-28-26-31-38-45-52-65(5)6)90-73(78)57-50-43-36-29-27-32-39-46-53-66(7)9-2/h14-17,64-69,74H,8-13,18-63H2,1-7H3,(H,79,80)(H,81,82)/b15-14-,17-16-/t66?,67?,68-,69-/m1/s1. The monoisotopic (exact) mass is 1350 g/mol. The Bertz CT molecular complexity index is 1900. The molecule has 0 aromatic rings. The molecule has 0 saturated heterocycles. The summed E-state index contributed by atoms with van der Waals surface area (Å²) in [5, 5.41) is 10.6. The summed E-state index contributed by atoms with van der Waals surface area (Å²) in [6.07, 6.45) is 50.7. The van der Waals surface area contributed by atoms with E-state index in [1.54, 1.807) is 0 Å². The molecule has 92 heavy (non-hydrogen) atoms. The highest BCUT2D eigenvalue weighted by atomic mass is 31.2. The Hall–Kier alpha value is -2.46. The average molecular weight is 1350 g/mol. The number of esters is 4. The van der Waals surface area contributed by atoms with Gasteiger partial charge in [0.1, 0.15) is 19.3 Å². The van der Waals surface area contributed by atoms with Gasteiger partial charge in [0.25, 0.3) is 0 Å². The molecule has 3 N–H and O–H groups in total. The van der Waals surface area contributed by atoms with Crippen LogP contribution < -0.4 is 0 Å². The predicted molar refractivity (Wildman–Crippen MR) is 372 cm³/mol. The zero-order chi connectivity index (χ0) is 68.0. The fraction of sp³-hybridized carbons (Fsp3) is 0.890. The molecule has 0 aliphatic heterocycles. The Morgan fingerprint density at radius 2 is 0.641 bits per heavy atom. The van der Waals surface area contributed by atoms with Crippen LogP contribution in [-0.2, 0) is 65.4 Å². The molecule has 4 unspecified atom stereocenters. The number of aliphatic hydroxyl groups is 1. The highest BCUT2D eigenvalue weighted by molar-refractivity contribution is 7.47. The minimum absolute atomic E-state index is 0.0844. The average Bonchev–Trinajstić information content (AvgIpc) is 2.37. The number of rotatable bonds is 69. The van der Waals surface area contributed by atoms with Gasteiger partial charge in [0.2, 0.25) is 0 Å². The Labute approximate surface area is 561 Å². The second-order valence-electron chi connectivity index (χ2n) is 26.8. The summed E-state index contributed by atoms with van der Waals surface area (Å²) in [4.78, 5) is 72.7. The fourth-order valence-electron chi connectivity index (χ4n) is 10.5. The van der Waals surface area contributed by atoms with E-state index in [4.69, 9.17) is 37.0 Å². The molecule has 0 radical (unpaired) electrons. The first kappa shape index (κ1) is 89.5. The molecular formula is C73H138O17P2. The lowest BCUT2D eigenvalue weighted by atomic mass is 9.99. The van der Waals surface area contributed by atoms with Crippen molar-refractivity contribution < 1.29 is 80.2 Å². The molecule has 0 rings (SSSR count). The van der Waals surface area contributed by atoms with Gasteiger partial charge in [-0.15, -0.1) is 0 Å². The molecule has 0 bridgehead atoms. The number of phosphoric ester groups is 2. The van der Waals surface area contributed by atoms with Crippen molar-refractivity contribution in [3.05, 3.63) is 24.3 Å². The molecule has 542 valence electrons. The fourth-order valence-corrected chi connectivity index (χ4v) is 12.1. The van der Waals surface area contributed by atoms with Crippen molar-refractivity contribution in [3.63, 3.8) is 0 Å². The summed E-state index contributed by atoms with van der Waals surface area (Å²) < 4.78 is 68.4. The topological polar surface area (TPSA) is 237 Å². The third-order valence-corrected chi connectivity index (χ3v) is 18.5. The molecular weight excluding hydrogens is 1210 g/mol. The van der Waals surface area contributed by atoms with Gasteiger partial charge in [-0.1, -0.05) is 291 Å². The molecule has 0 aliphatic rings. The minimum Gasteiger partial charge on any atom is -0.462 e. The summed E-state index contributed by atoms with van der Waals surface area (Å²) in [6.45, 7) is 11.8. The van der Waals surface area contributed by atoms with E-state index in [9.17, 15) is 43.2 Å². The zero-order valence-corrected chi connectivity index (χ0v) is 61.3. The van der Waals surface area contributed by atoms with Crippen LogP contribution in [0.15, 0.2) is 24.3 Å². The lowest BCUT2D eigenvalue weighted by molar-refractivity contribution is -0.161. The summed E-state index contributed by atoms with van der Waals surface area (Å²) in [6, 6.07) is 0. The normalized spacial score (nSPS) is 14.6. The highest BCUT2D eigenvalue weighted by Crippen LogP contribution is 2.45. The number of carbonyl (C=O) groups excluding carboxylic acids is 4. The molecule has 6 atom stereocenters. The zero-order valence-electron chi connectivity index (χ0n) is 59.5. The van der Waals surface area contributed by atoms with Crippen LogP contribution in [-0.4, -0.2) is 96.7 Å². The molecule has 0 saturated carbocycles. The Kier molecular flexibility index (Phi) is 61.6. The van der Waals surface area contributed by atoms with E-state index >= 15 is 0 Å². The van der Waals surface area contributed by atoms with E-state index in [0.29, 0.717) is 25.7 Å². The summed E-state index contributed by atoms with van der Waals surface area (Å²) in [7, 11) is -9.92. The molecule has 19 heteroatoms. The van der Waals surface area contributed by atoms with Gasteiger partial charge < -0.3 is 33.8 Å². The van der Waals surface area contributed by atoms with Crippen molar-refractivity contribution in [2.45, 2.75) is 362 Å². The maximum Gasteiger partial charge on any atom is 0.472 e. The number of phosphoric acid groups is 2. The van der Waals surface area contributed by atoms with Gasteiger partial charge in [-0.3, -0.25) is 37.3 Å². The van der Waals surface area contributed by atoms with E-state index in [-0.39, 0.29) is 25.7 Å². The largest absolute Gasteiger partial charge is 0.472 e. The predicted octanol–water partition coefficient (Wildman–Crippen LogP) is 20.6. The number of unbranched alkanes of at least 4 members (excludes halogenated alkanes) is 33. The summed E-state index contributed by atoms with van der Waals surface area (Å²) in [5.41, 5.74) is 0. The smallest absolute Gasteiger partial charge is 0.462 e. The van der Waals surface area contributed by atoms with E-state index in [1.165, 1.54) is 141 Å². The first-order valence-corrected chi connectivity index (χ1v) is 40.2. The number of hydrogen-bond acceptors (Lipinski definition) is 15. The van der Waals surface area contributed by atoms with Crippen LogP contribution in [0.4, 0.5) is 0 Å².